The smallest absolute Gasteiger partial charge is 0.387 e. The zero-order chi connectivity index (χ0) is 22.0. The van der Waals surface area contributed by atoms with Gasteiger partial charge in [-0.3, -0.25) is 19.9 Å². The number of nitrogens with one attached hydrogen (secondary N) is 1. The summed E-state index contributed by atoms with van der Waals surface area (Å²) in [6.07, 6.45) is 1.59. The van der Waals surface area contributed by atoms with Crippen LogP contribution in [0.25, 0.3) is 22.7 Å². The molecule has 4 aromatic rings. The van der Waals surface area contributed by atoms with Gasteiger partial charge in [-0.05, 0) is 30.3 Å². The topological polar surface area (TPSA) is 120 Å². The van der Waals surface area contributed by atoms with Crippen LogP contribution in [0.15, 0.2) is 65.2 Å². The lowest BCUT2D eigenvalue weighted by atomic mass is 10.1. The lowest BCUT2D eigenvalue weighted by molar-refractivity contribution is -0.384. The Morgan fingerprint density at radius 2 is 2.00 bits per heavy atom. The molecule has 0 unspecified atom stereocenters. The number of fused-ring (bicyclic) bond motifs is 1. The van der Waals surface area contributed by atoms with Crippen molar-refractivity contribution in [3.8, 4) is 17.3 Å². The number of oxazole rings is 1. The lowest BCUT2D eigenvalue weighted by Gasteiger charge is -2.11. The van der Waals surface area contributed by atoms with Crippen LogP contribution in [0.3, 0.4) is 0 Å². The molecule has 0 aliphatic heterocycles. The Bertz CT molecular complexity index is 1280. The molecule has 0 radical (unpaired) electrons. The molecule has 0 atom stereocenters. The van der Waals surface area contributed by atoms with Crippen LogP contribution in [-0.4, -0.2) is 27.4 Å². The molecular formula is C20H12F2N4O5. The fraction of sp³-hybridized carbons (Fsp3) is 0.0500. The van der Waals surface area contributed by atoms with Gasteiger partial charge in [0, 0.05) is 30.1 Å². The summed E-state index contributed by atoms with van der Waals surface area (Å²) in [6, 6.07) is 12.6. The van der Waals surface area contributed by atoms with Crippen LogP contribution >= 0.6 is 0 Å². The number of carbonyl (C=O) groups is 1. The third-order valence-corrected chi connectivity index (χ3v) is 4.16. The molecule has 0 spiro atoms. The minimum atomic E-state index is -3.21. The van der Waals surface area contributed by atoms with E-state index in [1.165, 1.54) is 12.1 Å². The van der Waals surface area contributed by atoms with Crippen molar-refractivity contribution in [2.45, 2.75) is 6.61 Å². The third kappa shape index (κ3) is 4.29. The fourth-order valence-electron chi connectivity index (χ4n) is 2.81. The average molecular weight is 426 g/mol. The van der Waals surface area contributed by atoms with Crippen molar-refractivity contribution in [2.75, 3.05) is 5.32 Å². The van der Waals surface area contributed by atoms with Gasteiger partial charge in [-0.2, -0.15) is 8.78 Å². The maximum Gasteiger partial charge on any atom is 0.387 e. The number of ether oxygens (including phenoxy) is 1. The van der Waals surface area contributed by atoms with E-state index in [4.69, 9.17) is 4.42 Å². The van der Waals surface area contributed by atoms with Crippen LogP contribution in [0.5, 0.6) is 5.75 Å². The number of nitro benzene ring substituents is 1. The molecule has 31 heavy (non-hydrogen) atoms. The average Bonchev–Trinajstić information content (AvgIpc) is 3.17. The molecule has 0 bridgehead atoms. The van der Waals surface area contributed by atoms with Gasteiger partial charge in [-0.1, -0.05) is 6.07 Å². The Morgan fingerprint density at radius 1 is 1.16 bits per heavy atom. The van der Waals surface area contributed by atoms with Gasteiger partial charge in [0.1, 0.15) is 17.0 Å². The number of non-ortho nitro benzene ring substituents is 1. The zero-order valence-electron chi connectivity index (χ0n) is 15.5. The SMILES string of the molecule is O=C(Nc1ccc2nc(-c3ccccn3)oc2c1)c1cc([N+](=O)[O-])ccc1OC(F)F. The first-order valence-corrected chi connectivity index (χ1v) is 8.77. The standard InChI is InChI=1S/C20H12F2N4O5/c21-20(22)31-16-7-5-12(26(28)29)10-13(16)18(27)24-11-4-6-14-17(9-11)30-19(25-14)15-3-1-2-8-23-15/h1-10,20H,(H,24,27). The molecular weight excluding hydrogens is 414 g/mol. The number of carbonyl (C=O) groups excluding carboxylic acids is 1. The van der Waals surface area contributed by atoms with Crippen LogP contribution in [-0.2, 0) is 0 Å². The fourth-order valence-corrected chi connectivity index (χ4v) is 2.81. The molecule has 0 aliphatic carbocycles. The highest BCUT2D eigenvalue weighted by Gasteiger charge is 2.21. The number of pyridine rings is 1. The van der Waals surface area contributed by atoms with E-state index in [9.17, 15) is 23.7 Å². The van der Waals surface area contributed by atoms with Gasteiger partial charge in [-0.25, -0.2) is 4.98 Å². The summed E-state index contributed by atoms with van der Waals surface area (Å²) in [5, 5.41) is 13.5. The molecule has 11 heteroatoms. The van der Waals surface area contributed by atoms with E-state index in [1.807, 2.05) is 0 Å². The summed E-state index contributed by atoms with van der Waals surface area (Å²) in [6.45, 7) is -3.21. The third-order valence-electron chi connectivity index (χ3n) is 4.16. The molecule has 2 heterocycles. The number of amides is 1. The van der Waals surface area contributed by atoms with Crippen LogP contribution < -0.4 is 10.1 Å². The first-order valence-electron chi connectivity index (χ1n) is 8.77. The second-order valence-corrected chi connectivity index (χ2v) is 6.19. The van der Waals surface area contributed by atoms with E-state index in [0.29, 0.717) is 16.8 Å². The number of rotatable bonds is 6. The van der Waals surface area contributed by atoms with Crippen LogP contribution in [0.4, 0.5) is 20.2 Å². The van der Waals surface area contributed by atoms with Crippen molar-refractivity contribution < 1.29 is 27.7 Å². The molecule has 0 aliphatic rings. The van der Waals surface area contributed by atoms with E-state index in [0.717, 1.165) is 18.2 Å². The Kier molecular flexibility index (Phi) is 5.22. The second kappa shape index (κ2) is 8.14. The Balaban J connectivity index is 1.63. The molecule has 1 N–H and O–H groups in total. The number of benzene rings is 2. The molecule has 9 nitrogen and oxygen atoms in total. The van der Waals surface area contributed by atoms with E-state index in [-0.39, 0.29) is 11.6 Å². The number of hydrogen-bond donors (Lipinski definition) is 1. The summed E-state index contributed by atoms with van der Waals surface area (Å²) >= 11 is 0. The highest BCUT2D eigenvalue weighted by Crippen LogP contribution is 2.28. The summed E-state index contributed by atoms with van der Waals surface area (Å²) in [7, 11) is 0. The van der Waals surface area contributed by atoms with Crippen molar-refractivity contribution in [2.24, 2.45) is 0 Å². The van der Waals surface area contributed by atoms with Crippen molar-refractivity contribution in [3.63, 3.8) is 0 Å². The number of hydrogen-bond acceptors (Lipinski definition) is 7. The molecule has 0 saturated carbocycles. The van der Waals surface area contributed by atoms with E-state index >= 15 is 0 Å². The number of anilines is 1. The molecule has 156 valence electrons. The van der Waals surface area contributed by atoms with Crippen molar-refractivity contribution in [1.29, 1.82) is 0 Å². The Hall–Kier alpha value is -4.41. The minimum Gasteiger partial charge on any atom is -0.435 e. The molecule has 4 rings (SSSR count). The van der Waals surface area contributed by atoms with Gasteiger partial charge in [-0.15, -0.1) is 0 Å². The number of nitro groups is 1. The molecule has 2 aromatic carbocycles. The van der Waals surface area contributed by atoms with Gasteiger partial charge < -0.3 is 14.5 Å². The number of aromatic nitrogens is 2. The summed E-state index contributed by atoms with van der Waals surface area (Å²) in [4.78, 5) is 31.4. The van der Waals surface area contributed by atoms with Crippen molar-refractivity contribution >= 4 is 28.4 Å². The lowest BCUT2D eigenvalue weighted by Crippen LogP contribution is -2.15. The Morgan fingerprint density at radius 3 is 2.71 bits per heavy atom. The van der Waals surface area contributed by atoms with E-state index in [1.54, 1.807) is 30.5 Å². The molecule has 2 aromatic heterocycles. The summed E-state index contributed by atoms with van der Waals surface area (Å²) in [5.74, 6) is -1.08. The van der Waals surface area contributed by atoms with Crippen LogP contribution in [0.2, 0.25) is 0 Å². The van der Waals surface area contributed by atoms with Crippen LogP contribution in [0, 0.1) is 10.1 Å². The number of alkyl halides is 2. The molecule has 0 saturated heterocycles. The summed E-state index contributed by atoms with van der Waals surface area (Å²) in [5.41, 5.74) is 0.779. The van der Waals surface area contributed by atoms with Gasteiger partial charge in [0.05, 0.1) is 10.5 Å². The van der Waals surface area contributed by atoms with Gasteiger partial charge >= 0.3 is 6.61 Å². The molecule has 1 amide bonds. The first-order chi connectivity index (χ1) is 14.9. The largest absolute Gasteiger partial charge is 0.435 e. The summed E-state index contributed by atoms with van der Waals surface area (Å²) < 4.78 is 35.3. The predicted molar refractivity (Wildman–Crippen MR) is 105 cm³/mol. The minimum absolute atomic E-state index is 0.260. The zero-order valence-corrected chi connectivity index (χ0v) is 15.5. The Labute approximate surface area is 172 Å². The normalized spacial score (nSPS) is 10.9. The first kappa shape index (κ1) is 19.9. The van der Waals surface area contributed by atoms with Gasteiger partial charge in [0.25, 0.3) is 11.6 Å². The molecule has 0 fully saturated rings. The maximum atomic E-state index is 12.7. The van der Waals surface area contributed by atoms with Crippen molar-refractivity contribution in [3.05, 3.63) is 76.5 Å². The van der Waals surface area contributed by atoms with Gasteiger partial charge in [0.2, 0.25) is 5.89 Å². The maximum absolute atomic E-state index is 12.7. The van der Waals surface area contributed by atoms with Crippen LogP contribution in [0.1, 0.15) is 10.4 Å². The highest BCUT2D eigenvalue weighted by atomic mass is 19.3. The number of halogens is 2. The monoisotopic (exact) mass is 426 g/mol. The highest BCUT2D eigenvalue weighted by molar-refractivity contribution is 6.07. The van der Waals surface area contributed by atoms with Gasteiger partial charge in [0.15, 0.2) is 5.58 Å². The second-order valence-electron chi connectivity index (χ2n) is 6.19. The van der Waals surface area contributed by atoms with E-state index < -0.39 is 34.4 Å². The van der Waals surface area contributed by atoms with Crippen molar-refractivity contribution in [1.82, 2.24) is 9.97 Å². The number of nitrogens with zero attached hydrogens (tertiary/aromatic N) is 3. The van der Waals surface area contributed by atoms with E-state index in [2.05, 4.69) is 20.0 Å². The predicted octanol–water partition coefficient (Wildman–Crippen LogP) is 4.65. The quantitative estimate of drug-likeness (QED) is 0.352.